The van der Waals surface area contributed by atoms with E-state index in [0.29, 0.717) is 5.75 Å². The number of carbonyl (C=O) groups excluding carboxylic acids is 1. The number of aryl methyl sites for hydroxylation is 1. The second-order valence-electron chi connectivity index (χ2n) is 11.0. The van der Waals surface area contributed by atoms with Crippen LogP contribution in [0, 0.1) is 5.92 Å². The van der Waals surface area contributed by atoms with E-state index in [1.165, 1.54) is 69.8 Å². The van der Waals surface area contributed by atoms with Crippen LogP contribution in [0.1, 0.15) is 109 Å². The maximum absolute atomic E-state index is 13.0. The van der Waals surface area contributed by atoms with Crippen molar-refractivity contribution in [2.24, 2.45) is 5.92 Å². The summed E-state index contributed by atoms with van der Waals surface area (Å²) in [5.41, 5.74) is 1.18. The molecule has 3 aromatic carbocycles. The summed E-state index contributed by atoms with van der Waals surface area (Å²) in [6.07, 6.45) is 20.7. The number of rotatable bonds is 19. The molecule has 0 saturated heterocycles. The highest BCUT2D eigenvalue weighted by Gasteiger charge is 2.21. The number of hydrogen-bond donors (Lipinski definition) is 1. The summed E-state index contributed by atoms with van der Waals surface area (Å²) >= 11 is 0. The third-order valence-corrected chi connectivity index (χ3v) is 7.84. The van der Waals surface area contributed by atoms with Crippen molar-refractivity contribution in [3.63, 3.8) is 0 Å². The molecule has 40 heavy (non-hydrogen) atoms. The number of unbranched alkanes of at least 4 members (excludes halogenated alkanes) is 12. The Balaban J connectivity index is 1.47. The number of carboxylic acids is 1. The molecule has 0 aromatic heterocycles. The number of hydrogen-bond acceptors (Lipinski definition) is 3. The number of fused-ring (bicyclic) bond motifs is 2. The van der Waals surface area contributed by atoms with E-state index < -0.39 is 17.9 Å². The molecule has 0 aliphatic rings. The van der Waals surface area contributed by atoms with Gasteiger partial charge in [-0.25, -0.2) is 0 Å². The van der Waals surface area contributed by atoms with Crippen LogP contribution in [0.2, 0.25) is 0 Å². The standard InChI is InChI=1S/C36H48O4/c1-3-5-6-7-8-9-10-11-12-13-14-15-16-17-22-30(36(38)39)27-34(37)40-35-31-24-19-18-21-29(31)26-33-28(4-2)23-20-25-32(33)35/h17-26,30H,3-16,27H2,1-2H3,(H,38,39). The summed E-state index contributed by atoms with van der Waals surface area (Å²) in [5.74, 6) is -1.91. The number of ether oxygens (including phenoxy) is 1. The van der Waals surface area contributed by atoms with Crippen molar-refractivity contribution >= 4 is 33.5 Å². The summed E-state index contributed by atoms with van der Waals surface area (Å²) < 4.78 is 5.91. The lowest BCUT2D eigenvalue weighted by molar-refractivity contribution is -0.145. The van der Waals surface area contributed by atoms with Crippen molar-refractivity contribution < 1.29 is 19.4 Å². The van der Waals surface area contributed by atoms with Crippen LogP contribution >= 0.6 is 0 Å². The van der Waals surface area contributed by atoms with E-state index in [1.807, 2.05) is 42.5 Å². The normalized spacial score (nSPS) is 12.3. The van der Waals surface area contributed by atoms with Gasteiger partial charge in [0.15, 0.2) is 0 Å². The van der Waals surface area contributed by atoms with Gasteiger partial charge in [-0.05, 0) is 41.7 Å². The van der Waals surface area contributed by atoms with Crippen LogP contribution in [0.4, 0.5) is 0 Å². The van der Waals surface area contributed by atoms with Gasteiger partial charge in [0.2, 0.25) is 0 Å². The van der Waals surface area contributed by atoms with Crippen molar-refractivity contribution in [2.75, 3.05) is 0 Å². The molecule has 4 heteroatoms. The molecule has 1 unspecified atom stereocenters. The van der Waals surface area contributed by atoms with Crippen LogP contribution in [0.15, 0.2) is 60.7 Å². The minimum absolute atomic E-state index is 0.192. The number of allylic oxidation sites excluding steroid dienone is 1. The summed E-state index contributed by atoms with van der Waals surface area (Å²) in [4.78, 5) is 24.9. The van der Waals surface area contributed by atoms with Crippen LogP contribution in [0.25, 0.3) is 21.5 Å². The van der Waals surface area contributed by atoms with E-state index in [-0.39, 0.29) is 6.42 Å². The molecule has 0 fully saturated rings. The van der Waals surface area contributed by atoms with Crippen molar-refractivity contribution in [1.82, 2.24) is 0 Å². The third-order valence-electron chi connectivity index (χ3n) is 7.84. The zero-order valence-electron chi connectivity index (χ0n) is 24.6. The first-order valence-corrected chi connectivity index (χ1v) is 15.6. The van der Waals surface area contributed by atoms with Crippen LogP contribution in [0.3, 0.4) is 0 Å². The average molecular weight is 545 g/mol. The highest BCUT2D eigenvalue weighted by atomic mass is 16.5. The predicted octanol–water partition coefficient (Wildman–Crippen LogP) is 10.2. The molecular formula is C36H48O4. The Kier molecular flexibility index (Phi) is 13.8. The van der Waals surface area contributed by atoms with Gasteiger partial charge < -0.3 is 9.84 Å². The zero-order chi connectivity index (χ0) is 28.6. The Morgan fingerprint density at radius 1 is 0.775 bits per heavy atom. The molecule has 0 aliphatic heterocycles. The number of carboxylic acid groups (broad SMARTS) is 1. The molecule has 0 spiro atoms. The minimum Gasteiger partial charge on any atom is -0.481 e. The second kappa shape index (κ2) is 17.5. The Labute approximate surface area is 240 Å². The molecule has 3 aromatic rings. The van der Waals surface area contributed by atoms with Crippen molar-refractivity contribution in [3.8, 4) is 5.75 Å². The monoisotopic (exact) mass is 544 g/mol. The molecule has 0 aliphatic carbocycles. The molecule has 216 valence electrons. The van der Waals surface area contributed by atoms with E-state index in [0.717, 1.165) is 47.2 Å². The zero-order valence-corrected chi connectivity index (χ0v) is 24.6. The minimum atomic E-state index is -1.00. The summed E-state index contributed by atoms with van der Waals surface area (Å²) in [6.45, 7) is 4.37. The van der Waals surface area contributed by atoms with Crippen LogP contribution in [0.5, 0.6) is 5.75 Å². The van der Waals surface area contributed by atoms with E-state index in [4.69, 9.17) is 4.74 Å². The second-order valence-corrected chi connectivity index (χ2v) is 11.0. The highest BCUT2D eigenvalue weighted by Crippen LogP contribution is 2.37. The maximum Gasteiger partial charge on any atom is 0.312 e. The Bertz CT molecular complexity index is 1240. The van der Waals surface area contributed by atoms with E-state index in [9.17, 15) is 14.7 Å². The molecule has 0 heterocycles. The van der Waals surface area contributed by atoms with E-state index in [2.05, 4.69) is 26.0 Å². The lowest BCUT2D eigenvalue weighted by atomic mass is 9.97. The smallest absolute Gasteiger partial charge is 0.312 e. The van der Waals surface area contributed by atoms with Crippen LogP contribution in [-0.2, 0) is 16.0 Å². The van der Waals surface area contributed by atoms with E-state index >= 15 is 0 Å². The first-order valence-electron chi connectivity index (χ1n) is 15.6. The third kappa shape index (κ3) is 9.80. The van der Waals surface area contributed by atoms with E-state index in [1.54, 1.807) is 6.08 Å². The SMILES string of the molecule is CCCCCCCCCCCCCCC=CC(CC(=O)Oc1c2ccccc2cc2c(CC)cccc12)C(=O)O. The van der Waals surface area contributed by atoms with Gasteiger partial charge >= 0.3 is 11.9 Å². The van der Waals surface area contributed by atoms with Gasteiger partial charge in [0.05, 0.1) is 12.3 Å². The van der Waals surface area contributed by atoms with Crippen LogP contribution < -0.4 is 4.74 Å². The lowest BCUT2D eigenvalue weighted by Crippen LogP contribution is -2.19. The Morgan fingerprint density at radius 2 is 1.40 bits per heavy atom. The largest absolute Gasteiger partial charge is 0.481 e. The van der Waals surface area contributed by atoms with Gasteiger partial charge in [-0.3, -0.25) is 9.59 Å². The van der Waals surface area contributed by atoms with Gasteiger partial charge in [0.1, 0.15) is 5.75 Å². The van der Waals surface area contributed by atoms with Crippen molar-refractivity contribution in [1.29, 1.82) is 0 Å². The Morgan fingerprint density at radius 3 is 2.05 bits per heavy atom. The van der Waals surface area contributed by atoms with Crippen molar-refractivity contribution in [3.05, 3.63) is 66.2 Å². The average Bonchev–Trinajstić information content (AvgIpc) is 2.96. The fraction of sp³-hybridized carbons (Fsp3) is 0.500. The van der Waals surface area contributed by atoms with Gasteiger partial charge in [-0.2, -0.15) is 0 Å². The molecule has 0 saturated carbocycles. The summed E-state index contributed by atoms with van der Waals surface area (Å²) in [6, 6.07) is 16.0. The van der Waals surface area contributed by atoms with Crippen molar-refractivity contribution in [2.45, 2.75) is 110 Å². The van der Waals surface area contributed by atoms with Gasteiger partial charge in [-0.15, -0.1) is 0 Å². The first-order chi connectivity index (χ1) is 19.5. The predicted molar refractivity (Wildman–Crippen MR) is 167 cm³/mol. The van der Waals surface area contributed by atoms with Crippen LogP contribution in [-0.4, -0.2) is 17.0 Å². The first kappa shape index (κ1) is 31.4. The Hall–Kier alpha value is -3.14. The van der Waals surface area contributed by atoms with Gasteiger partial charge in [0, 0.05) is 10.8 Å². The molecule has 1 N–H and O–H groups in total. The van der Waals surface area contributed by atoms with Gasteiger partial charge in [-0.1, -0.05) is 139 Å². The molecule has 3 rings (SSSR count). The number of esters is 1. The topological polar surface area (TPSA) is 63.6 Å². The molecule has 0 amide bonds. The summed E-state index contributed by atoms with van der Waals surface area (Å²) in [7, 11) is 0. The maximum atomic E-state index is 13.0. The lowest BCUT2D eigenvalue weighted by Gasteiger charge is -2.15. The van der Waals surface area contributed by atoms with Gasteiger partial charge in [0.25, 0.3) is 0 Å². The molecular weight excluding hydrogens is 496 g/mol. The summed E-state index contributed by atoms with van der Waals surface area (Å²) in [5, 5.41) is 13.5. The quantitative estimate of drug-likeness (QED) is 0.0536. The molecule has 1 atom stereocenters. The molecule has 0 bridgehead atoms. The number of benzene rings is 3. The fourth-order valence-corrected chi connectivity index (χ4v) is 5.47. The number of aliphatic carboxylic acids is 1. The number of carbonyl (C=O) groups is 2. The highest BCUT2D eigenvalue weighted by molar-refractivity contribution is 6.07. The fourth-order valence-electron chi connectivity index (χ4n) is 5.47. The molecule has 0 radical (unpaired) electrons. The molecule has 4 nitrogen and oxygen atoms in total.